The molecule has 6 nitrogen and oxygen atoms in total. The molecule has 0 saturated carbocycles. The van der Waals surface area contributed by atoms with Gasteiger partial charge in [0.15, 0.2) is 12.0 Å². The van der Waals surface area contributed by atoms with E-state index in [2.05, 4.69) is 10.3 Å². The van der Waals surface area contributed by atoms with Crippen molar-refractivity contribution in [1.82, 2.24) is 15.0 Å². The van der Waals surface area contributed by atoms with Crippen LogP contribution in [-0.2, 0) is 9.47 Å². The molecular formula is C11H19N3O3. The molecule has 0 N–H and O–H groups in total. The summed E-state index contributed by atoms with van der Waals surface area (Å²) in [7, 11) is 3.23. The molecule has 0 aromatic carbocycles. The maximum absolute atomic E-state index is 10.9. The van der Waals surface area contributed by atoms with Gasteiger partial charge < -0.3 is 9.47 Å². The molecule has 6 heteroatoms. The second kappa shape index (κ2) is 6.46. The van der Waals surface area contributed by atoms with Gasteiger partial charge in [-0.25, -0.2) is 4.68 Å². The largest absolute Gasteiger partial charge is 0.382 e. The van der Waals surface area contributed by atoms with Crippen LogP contribution in [0, 0.1) is 0 Å². The predicted molar refractivity (Wildman–Crippen MR) is 62.0 cm³/mol. The van der Waals surface area contributed by atoms with Crippen molar-refractivity contribution in [3.05, 3.63) is 11.4 Å². The third-order valence-electron chi connectivity index (χ3n) is 2.78. The van der Waals surface area contributed by atoms with Crippen molar-refractivity contribution < 1.29 is 14.3 Å². The van der Waals surface area contributed by atoms with E-state index < -0.39 is 0 Å². The zero-order chi connectivity index (χ0) is 12.8. The number of ether oxygens (including phenoxy) is 2. The Kier molecular flexibility index (Phi) is 5.24. The lowest BCUT2D eigenvalue weighted by Gasteiger charge is -2.19. The van der Waals surface area contributed by atoms with Gasteiger partial charge in [0, 0.05) is 14.2 Å². The topological polar surface area (TPSA) is 66.2 Å². The van der Waals surface area contributed by atoms with Crippen molar-refractivity contribution in [2.75, 3.05) is 20.8 Å². The molecule has 0 aliphatic heterocycles. The van der Waals surface area contributed by atoms with Gasteiger partial charge in [0.2, 0.25) is 0 Å². The summed E-state index contributed by atoms with van der Waals surface area (Å²) in [6.07, 6.45) is 1.32. The molecule has 0 saturated heterocycles. The normalized spacial score (nSPS) is 14.6. The highest BCUT2D eigenvalue weighted by atomic mass is 16.5. The first kappa shape index (κ1) is 13.8. The van der Waals surface area contributed by atoms with Gasteiger partial charge in [-0.15, -0.1) is 5.10 Å². The predicted octanol–water partition coefficient (Wildman–Crippen LogP) is 1.40. The highest BCUT2D eigenvalue weighted by Gasteiger charge is 2.22. The SMILES string of the molecule is CCC(COC)n1nnc(C=O)c1C(C)OC. The third kappa shape index (κ3) is 2.89. The van der Waals surface area contributed by atoms with Gasteiger partial charge in [0.05, 0.1) is 24.4 Å². The Hall–Kier alpha value is -1.27. The Labute approximate surface area is 101 Å². The van der Waals surface area contributed by atoms with Crippen LogP contribution >= 0.6 is 0 Å². The Balaban J connectivity index is 3.13. The molecule has 1 aromatic rings. The molecule has 0 radical (unpaired) electrons. The number of aldehydes is 1. The summed E-state index contributed by atoms with van der Waals surface area (Å²) in [5.74, 6) is 0. The van der Waals surface area contributed by atoms with Gasteiger partial charge in [-0.2, -0.15) is 0 Å². The minimum atomic E-state index is -0.226. The Morgan fingerprint density at radius 2 is 2.18 bits per heavy atom. The number of rotatable bonds is 7. The number of carbonyl (C=O) groups is 1. The molecule has 2 unspecified atom stereocenters. The lowest BCUT2D eigenvalue weighted by atomic mass is 10.2. The summed E-state index contributed by atoms with van der Waals surface area (Å²) in [6.45, 7) is 4.43. The number of nitrogens with zero attached hydrogens (tertiary/aromatic N) is 3. The summed E-state index contributed by atoms with van der Waals surface area (Å²) < 4.78 is 12.1. The van der Waals surface area contributed by atoms with Crippen molar-refractivity contribution in [3.63, 3.8) is 0 Å². The van der Waals surface area contributed by atoms with Crippen molar-refractivity contribution in [3.8, 4) is 0 Å². The standard InChI is InChI=1S/C11H19N3O3/c1-5-9(7-16-3)14-11(8(2)17-4)10(6-15)12-13-14/h6,8-9H,5,7H2,1-4H3. The third-order valence-corrected chi connectivity index (χ3v) is 2.78. The fourth-order valence-corrected chi connectivity index (χ4v) is 1.73. The molecule has 17 heavy (non-hydrogen) atoms. The molecule has 0 aliphatic rings. The highest BCUT2D eigenvalue weighted by molar-refractivity contribution is 5.73. The van der Waals surface area contributed by atoms with Crippen LogP contribution in [0.15, 0.2) is 0 Å². The molecular weight excluding hydrogens is 222 g/mol. The Bertz CT molecular complexity index is 365. The molecule has 2 atom stereocenters. The maximum Gasteiger partial charge on any atom is 0.172 e. The smallest absolute Gasteiger partial charge is 0.172 e. The first-order valence-electron chi connectivity index (χ1n) is 5.61. The first-order chi connectivity index (χ1) is 8.19. The van der Waals surface area contributed by atoms with E-state index in [1.54, 1.807) is 18.9 Å². The molecule has 0 fully saturated rings. The van der Waals surface area contributed by atoms with Crippen LogP contribution < -0.4 is 0 Å². The molecule has 0 aliphatic carbocycles. The highest BCUT2D eigenvalue weighted by Crippen LogP contribution is 2.22. The van der Waals surface area contributed by atoms with E-state index in [9.17, 15) is 4.79 Å². The zero-order valence-corrected chi connectivity index (χ0v) is 10.7. The van der Waals surface area contributed by atoms with Gasteiger partial charge in [0.1, 0.15) is 0 Å². The van der Waals surface area contributed by atoms with Gasteiger partial charge in [-0.3, -0.25) is 4.79 Å². The number of aromatic nitrogens is 3. The molecule has 1 aromatic heterocycles. The van der Waals surface area contributed by atoms with E-state index in [4.69, 9.17) is 9.47 Å². The van der Waals surface area contributed by atoms with Crippen molar-refractivity contribution in [2.24, 2.45) is 0 Å². The van der Waals surface area contributed by atoms with Crippen LogP contribution in [0.25, 0.3) is 0 Å². The number of hydrogen-bond acceptors (Lipinski definition) is 5. The maximum atomic E-state index is 10.9. The van der Waals surface area contributed by atoms with Crippen molar-refractivity contribution in [2.45, 2.75) is 32.4 Å². The summed E-state index contributed by atoms with van der Waals surface area (Å²) in [5.41, 5.74) is 1.03. The lowest BCUT2D eigenvalue weighted by Crippen LogP contribution is -2.20. The average molecular weight is 241 g/mol. The van der Waals surface area contributed by atoms with E-state index in [1.165, 1.54) is 0 Å². The fraction of sp³-hybridized carbons (Fsp3) is 0.727. The molecule has 0 spiro atoms. The molecule has 0 bridgehead atoms. The summed E-state index contributed by atoms with van der Waals surface area (Å²) in [6, 6.07) is 0.0637. The first-order valence-corrected chi connectivity index (χ1v) is 5.61. The van der Waals surface area contributed by atoms with E-state index in [0.717, 1.165) is 6.42 Å². The lowest BCUT2D eigenvalue weighted by molar-refractivity contribution is 0.0968. The van der Waals surface area contributed by atoms with Crippen molar-refractivity contribution in [1.29, 1.82) is 0 Å². The van der Waals surface area contributed by atoms with Gasteiger partial charge >= 0.3 is 0 Å². The zero-order valence-electron chi connectivity index (χ0n) is 10.7. The summed E-state index contributed by atoms with van der Waals surface area (Å²) >= 11 is 0. The van der Waals surface area contributed by atoms with Crippen LogP contribution in [-0.4, -0.2) is 42.1 Å². The van der Waals surface area contributed by atoms with Crippen LogP contribution in [0.3, 0.4) is 0 Å². The molecule has 0 amide bonds. The van der Waals surface area contributed by atoms with Gasteiger partial charge in [0.25, 0.3) is 0 Å². The van der Waals surface area contributed by atoms with Crippen LogP contribution in [0.5, 0.6) is 0 Å². The van der Waals surface area contributed by atoms with E-state index in [-0.39, 0.29) is 12.1 Å². The number of hydrogen-bond donors (Lipinski definition) is 0. The van der Waals surface area contributed by atoms with E-state index in [0.29, 0.717) is 24.3 Å². The summed E-state index contributed by atoms with van der Waals surface area (Å²) in [4.78, 5) is 10.9. The van der Waals surface area contributed by atoms with Crippen LogP contribution in [0.2, 0.25) is 0 Å². The van der Waals surface area contributed by atoms with Gasteiger partial charge in [-0.1, -0.05) is 12.1 Å². The number of methoxy groups -OCH3 is 2. The molecule has 1 heterocycles. The second-order valence-electron chi connectivity index (χ2n) is 3.82. The Morgan fingerprint density at radius 3 is 2.65 bits per heavy atom. The number of carbonyl (C=O) groups excluding carboxylic acids is 1. The summed E-state index contributed by atoms with van der Waals surface area (Å²) in [5, 5.41) is 7.89. The average Bonchev–Trinajstić information content (AvgIpc) is 2.78. The Morgan fingerprint density at radius 1 is 1.47 bits per heavy atom. The minimum Gasteiger partial charge on any atom is -0.382 e. The van der Waals surface area contributed by atoms with Crippen LogP contribution in [0.4, 0.5) is 0 Å². The monoisotopic (exact) mass is 241 g/mol. The molecule has 96 valence electrons. The van der Waals surface area contributed by atoms with E-state index in [1.807, 2.05) is 13.8 Å². The van der Waals surface area contributed by atoms with E-state index >= 15 is 0 Å². The fourth-order valence-electron chi connectivity index (χ4n) is 1.73. The van der Waals surface area contributed by atoms with Crippen LogP contribution in [0.1, 0.15) is 48.6 Å². The van der Waals surface area contributed by atoms with Gasteiger partial charge in [-0.05, 0) is 13.3 Å². The quantitative estimate of drug-likeness (QED) is 0.675. The minimum absolute atomic E-state index is 0.0637. The van der Waals surface area contributed by atoms with Crippen molar-refractivity contribution >= 4 is 6.29 Å². The second-order valence-corrected chi connectivity index (χ2v) is 3.82. The molecule has 1 rings (SSSR count).